The van der Waals surface area contributed by atoms with E-state index in [1.54, 1.807) is 0 Å². The summed E-state index contributed by atoms with van der Waals surface area (Å²) in [6, 6.07) is 7.57. The second-order valence-electron chi connectivity index (χ2n) is 3.82. The van der Waals surface area contributed by atoms with Crippen molar-refractivity contribution in [3.8, 4) is 0 Å². The number of nitrogens with one attached hydrogen (secondary N) is 2. The first-order valence-corrected chi connectivity index (χ1v) is 6.75. The Bertz CT molecular complexity index is 553. The monoisotopic (exact) mass is 356 g/mol. The highest BCUT2D eigenvalue weighted by Crippen LogP contribution is 2.13. The van der Waals surface area contributed by atoms with Gasteiger partial charge in [-0.2, -0.15) is 0 Å². The molecule has 94 valence electrons. The Morgan fingerprint density at radius 1 is 1.50 bits per heavy atom. The number of hydrogen-bond donors (Lipinski definition) is 2. The summed E-state index contributed by atoms with van der Waals surface area (Å²) in [7, 11) is 0. The molecule has 0 atom stereocenters. The lowest BCUT2D eigenvalue weighted by Crippen LogP contribution is -2.13. The maximum absolute atomic E-state index is 11.9. The van der Waals surface area contributed by atoms with Crippen molar-refractivity contribution in [2.75, 3.05) is 5.32 Å². The average molecular weight is 356 g/mol. The number of carbonyl (C=O) groups excluding carboxylic acids is 1. The van der Waals surface area contributed by atoms with Crippen molar-refractivity contribution >= 4 is 34.2 Å². The smallest absolute Gasteiger partial charge is 0.295 e. The molecule has 2 aromatic rings. The van der Waals surface area contributed by atoms with E-state index in [0.717, 1.165) is 27.9 Å². The van der Waals surface area contributed by atoms with Gasteiger partial charge in [0.2, 0.25) is 5.82 Å². The Kier molecular flexibility index (Phi) is 4.29. The first kappa shape index (κ1) is 13.0. The van der Waals surface area contributed by atoms with Gasteiger partial charge < -0.3 is 5.32 Å². The number of nitrogens with zero attached hydrogens (tertiary/aromatic N) is 2. The van der Waals surface area contributed by atoms with Crippen LogP contribution in [0, 0.1) is 3.57 Å². The first-order valence-electron chi connectivity index (χ1n) is 5.67. The van der Waals surface area contributed by atoms with Crippen molar-refractivity contribution in [2.45, 2.75) is 19.8 Å². The Labute approximate surface area is 119 Å². The van der Waals surface area contributed by atoms with Crippen LogP contribution in [0.25, 0.3) is 0 Å². The minimum atomic E-state index is -0.296. The van der Waals surface area contributed by atoms with E-state index in [4.69, 9.17) is 0 Å². The third-order valence-corrected chi connectivity index (χ3v) is 2.98. The zero-order valence-electron chi connectivity index (χ0n) is 9.90. The van der Waals surface area contributed by atoms with Gasteiger partial charge in [-0.25, -0.2) is 4.98 Å². The average Bonchev–Trinajstić information content (AvgIpc) is 2.78. The zero-order valence-corrected chi connectivity index (χ0v) is 12.1. The largest absolute Gasteiger partial charge is 0.319 e. The molecule has 6 heteroatoms. The van der Waals surface area contributed by atoms with E-state index >= 15 is 0 Å². The number of anilines is 1. The molecule has 18 heavy (non-hydrogen) atoms. The third kappa shape index (κ3) is 3.28. The molecule has 0 radical (unpaired) electrons. The summed E-state index contributed by atoms with van der Waals surface area (Å²) in [4.78, 5) is 16.0. The molecule has 1 aromatic heterocycles. The van der Waals surface area contributed by atoms with E-state index in [0.29, 0.717) is 0 Å². The molecule has 0 spiro atoms. The lowest BCUT2D eigenvalue weighted by molar-refractivity contribution is 0.101. The van der Waals surface area contributed by atoms with Crippen molar-refractivity contribution in [1.29, 1.82) is 0 Å². The molecule has 1 aromatic carbocycles. The summed E-state index contributed by atoms with van der Waals surface area (Å²) < 4.78 is 1.06. The molecule has 0 bridgehead atoms. The van der Waals surface area contributed by atoms with Crippen LogP contribution in [0.15, 0.2) is 24.3 Å². The van der Waals surface area contributed by atoms with Crippen molar-refractivity contribution in [3.63, 3.8) is 0 Å². The molecular weight excluding hydrogens is 343 g/mol. The van der Waals surface area contributed by atoms with E-state index in [1.165, 1.54) is 0 Å². The molecule has 1 heterocycles. The van der Waals surface area contributed by atoms with Crippen LogP contribution in [0.2, 0.25) is 0 Å². The van der Waals surface area contributed by atoms with Crippen LogP contribution in [0.4, 0.5) is 5.69 Å². The first-order chi connectivity index (χ1) is 8.69. The third-order valence-electron chi connectivity index (χ3n) is 2.30. The predicted octanol–water partition coefficient (Wildman–Crippen LogP) is 2.61. The highest BCUT2D eigenvalue weighted by Gasteiger charge is 2.12. The van der Waals surface area contributed by atoms with Crippen molar-refractivity contribution in [3.05, 3.63) is 39.5 Å². The maximum Gasteiger partial charge on any atom is 0.295 e. The minimum absolute atomic E-state index is 0.178. The number of amides is 1. The lowest BCUT2D eigenvalue weighted by Gasteiger charge is -2.02. The molecule has 0 saturated heterocycles. The Balaban J connectivity index is 2.07. The van der Waals surface area contributed by atoms with E-state index in [-0.39, 0.29) is 11.7 Å². The molecular formula is C12H13IN4O. The Hall–Kier alpha value is -1.44. The molecule has 0 unspecified atom stereocenters. The number of aromatic nitrogens is 3. The molecule has 0 aliphatic carbocycles. The van der Waals surface area contributed by atoms with E-state index < -0.39 is 0 Å². The number of aromatic amines is 1. The van der Waals surface area contributed by atoms with Gasteiger partial charge in [0.15, 0.2) is 0 Å². The fraction of sp³-hybridized carbons (Fsp3) is 0.250. The van der Waals surface area contributed by atoms with Gasteiger partial charge in [-0.05, 0) is 47.2 Å². The Morgan fingerprint density at radius 3 is 3.06 bits per heavy atom. The number of carbonyl (C=O) groups is 1. The topological polar surface area (TPSA) is 70.7 Å². The van der Waals surface area contributed by atoms with E-state index in [9.17, 15) is 4.79 Å². The highest BCUT2D eigenvalue weighted by atomic mass is 127. The molecule has 0 aliphatic rings. The van der Waals surface area contributed by atoms with Crippen LogP contribution in [-0.2, 0) is 6.42 Å². The predicted molar refractivity (Wildman–Crippen MR) is 77.5 cm³/mol. The quantitative estimate of drug-likeness (QED) is 0.828. The van der Waals surface area contributed by atoms with Crippen LogP contribution in [0.1, 0.15) is 29.8 Å². The van der Waals surface area contributed by atoms with Crippen LogP contribution in [-0.4, -0.2) is 21.1 Å². The SMILES string of the molecule is CCCc1nc(C(=O)Nc2cccc(I)c2)n[nH]1. The number of H-pyrrole nitrogens is 1. The number of hydrogen-bond acceptors (Lipinski definition) is 3. The van der Waals surface area contributed by atoms with Gasteiger partial charge in [0.05, 0.1) is 0 Å². The molecule has 2 N–H and O–H groups in total. The van der Waals surface area contributed by atoms with Gasteiger partial charge in [0, 0.05) is 15.7 Å². The summed E-state index contributed by atoms with van der Waals surface area (Å²) in [6.07, 6.45) is 1.76. The number of benzene rings is 1. The molecule has 0 saturated carbocycles. The summed E-state index contributed by atoms with van der Waals surface area (Å²) in [6.45, 7) is 2.05. The number of aryl methyl sites for hydroxylation is 1. The van der Waals surface area contributed by atoms with Gasteiger partial charge in [-0.15, -0.1) is 5.10 Å². The standard InChI is InChI=1S/C12H13IN4O/c1-2-4-10-15-11(17-16-10)12(18)14-9-6-3-5-8(13)7-9/h3,5-7H,2,4H2,1H3,(H,14,18)(H,15,16,17). The van der Waals surface area contributed by atoms with Crippen molar-refractivity contribution < 1.29 is 4.79 Å². The molecule has 0 fully saturated rings. The summed E-state index contributed by atoms with van der Waals surface area (Å²) >= 11 is 2.19. The Morgan fingerprint density at radius 2 is 2.33 bits per heavy atom. The van der Waals surface area contributed by atoms with Gasteiger partial charge in [0.1, 0.15) is 5.82 Å². The van der Waals surface area contributed by atoms with Gasteiger partial charge in [0.25, 0.3) is 5.91 Å². The lowest BCUT2D eigenvalue weighted by atomic mass is 10.3. The van der Waals surface area contributed by atoms with Gasteiger partial charge in [-0.3, -0.25) is 9.89 Å². The summed E-state index contributed by atoms with van der Waals surface area (Å²) in [5.41, 5.74) is 0.744. The molecule has 2 rings (SSSR count). The van der Waals surface area contributed by atoms with Crippen LogP contribution in [0.3, 0.4) is 0 Å². The highest BCUT2D eigenvalue weighted by molar-refractivity contribution is 14.1. The van der Waals surface area contributed by atoms with Crippen molar-refractivity contribution in [2.24, 2.45) is 0 Å². The second-order valence-corrected chi connectivity index (χ2v) is 5.07. The van der Waals surface area contributed by atoms with E-state index in [2.05, 4.69) is 43.1 Å². The van der Waals surface area contributed by atoms with Gasteiger partial charge >= 0.3 is 0 Å². The zero-order chi connectivity index (χ0) is 13.0. The van der Waals surface area contributed by atoms with Crippen molar-refractivity contribution in [1.82, 2.24) is 15.2 Å². The van der Waals surface area contributed by atoms with E-state index in [1.807, 2.05) is 31.2 Å². The fourth-order valence-corrected chi connectivity index (χ4v) is 2.04. The normalized spacial score (nSPS) is 10.3. The van der Waals surface area contributed by atoms with Crippen LogP contribution < -0.4 is 5.32 Å². The fourth-order valence-electron chi connectivity index (χ4n) is 1.50. The maximum atomic E-state index is 11.9. The molecule has 1 amide bonds. The summed E-state index contributed by atoms with van der Waals surface area (Å²) in [5, 5.41) is 9.43. The molecule has 5 nitrogen and oxygen atoms in total. The molecule has 0 aliphatic heterocycles. The van der Waals surface area contributed by atoms with Crippen LogP contribution >= 0.6 is 22.6 Å². The van der Waals surface area contributed by atoms with Crippen LogP contribution in [0.5, 0.6) is 0 Å². The minimum Gasteiger partial charge on any atom is -0.319 e. The summed E-state index contributed by atoms with van der Waals surface area (Å²) in [5.74, 6) is 0.623. The number of halogens is 1. The number of rotatable bonds is 4. The van der Waals surface area contributed by atoms with Gasteiger partial charge in [-0.1, -0.05) is 13.0 Å². The second kappa shape index (κ2) is 5.94.